The Bertz CT molecular complexity index is 803. The molecule has 1 aromatic carbocycles. The molecule has 4 nitrogen and oxygen atoms in total. The largest absolute Gasteiger partial charge is 0.494 e. The van der Waals surface area contributed by atoms with E-state index in [2.05, 4.69) is 22.2 Å². The van der Waals surface area contributed by atoms with Crippen LogP contribution in [-0.2, 0) is 0 Å². The summed E-state index contributed by atoms with van der Waals surface area (Å²) in [4.78, 5) is 9.02. The second-order valence-electron chi connectivity index (χ2n) is 4.78. The molecule has 0 amide bonds. The lowest BCUT2D eigenvalue weighted by Crippen LogP contribution is -1.93. The molecule has 0 saturated carbocycles. The minimum absolute atomic E-state index is 0.450. The van der Waals surface area contributed by atoms with E-state index in [1.165, 1.54) is 0 Å². The Kier molecular flexibility index (Phi) is 4.45. The molecule has 0 aliphatic carbocycles. The van der Waals surface area contributed by atoms with Crippen molar-refractivity contribution in [2.45, 2.75) is 13.3 Å². The Labute approximate surface area is 138 Å². The number of nitrogens with one attached hydrogen (secondary N) is 1. The van der Waals surface area contributed by atoms with Gasteiger partial charge in [-0.3, -0.25) is 0 Å². The highest BCUT2D eigenvalue weighted by Gasteiger charge is 2.10. The highest BCUT2D eigenvalue weighted by molar-refractivity contribution is 7.21. The Balaban J connectivity index is 1.96. The van der Waals surface area contributed by atoms with Crippen molar-refractivity contribution < 1.29 is 4.74 Å². The SMILES string of the molecule is CCCOc1ccc2nc(-c3ccc(NC)c(Cl)n3)sc2c1. The number of hydrogen-bond acceptors (Lipinski definition) is 5. The van der Waals surface area contributed by atoms with E-state index in [-0.39, 0.29) is 0 Å². The molecule has 0 atom stereocenters. The Hall–Kier alpha value is -1.85. The number of aromatic nitrogens is 2. The van der Waals surface area contributed by atoms with E-state index in [1.54, 1.807) is 11.3 Å². The van der Waals surface area contributed by atoms with Crippen molar-refractivity contribution in [3.05, 3.63) is 35.5 Å². The summed E-state index contributed by atoms with van der Waals surface area (Å²) in [7, 11) is 1.82. The predicted octanol–water partition coefficient (Wildman–Crippen LogP) is 4.84. The third-order valence-electron chi connectivity index (χ3n) is 3.17. The number of ether oxygens (including phenoxy) is 1. The first-order chi connectivity index (χ1) is 10.7. The monoisotopic (exact) mass is 333 g/mol. The zero-order chi connectivity index (χ0) is 15.5. The van der Waals surface area contributed by atoms with Crippen molar-refractivity contribution >= 4 is 38.8 Å². The van der Waals surface area contributed by atoms with Crippen LogP contribution in [0.1, 0.15) is 13.3 Å². The van der Waals surface area contributed by atoms with Gasteiger partial charge in [-0.05, 0) is 36.8 Å². The molecule has 0 aliphatic rings. The summed E-state index contributed by atoms with van der Waals surface area (Å²) in [5.41, 5.74) is 2.53. The van der Waals surface area contributed by atoms with Gasteiger partial charge >= 0.3 is 0 Å². The van der Waals surface area contributed by atoms with Crippen molar-refractivity contribution in [3.8, 4) is 16.5 Å². The molecule has 1 N–H and O–H groups in total. The maximum absolute atomic E-state index is 6.14. The molecule has 0 unspecified atom stereocenters. The van der Waals surface area contributed by atoms with Crippen molar-refractivity contribution in [2.75, 3.05) is 19.0 Å². The van der Waals surface area contributed by atoms with Crippen LogP contribution in [0.4, 0.5) is 5.69 Å². The number of pyridine rings is 1. The van der Waals surface area contributed by atoms with Crippen LogP contribution in [0, 0.1) is 0 Å². The zero-order valence-electron chi connectivity index (χ0n) is 12.4. The van der Waals surface area contributed by atoms with Gasteiger partial charge in [0.05, 0.1) is 22.5 Å². The number of nitrogens with zero attached hydrogens (tertiary/aromatic N) is 2. The van der Waals surface area contributed by atoms with Crippen LogP contribution in [0.25, 0.3) is 20.9 Å². The lowest BCUT2D eigenvalue weighted by Gasteiger charge is -2.03. The molecule has 6 heteroatoms. The number of hydrogen-bond donors (Lipinski definition) is 1. The van der Waals surface area contributed by atoms with Crippen LogP contribution >= 0.6 is 22.9 Å². The average molecular weight is 334 g/mol. The summed E-state index contributed by atoms with van der Waals surface area (Å²) >= 11 is 7.73. The molecule has 0 radical (unpaired) electrons. The van der Waals surface area contributed by atoms with E-state index < -0.39 is 0 Å². The lowest BCUT2D eigenvalue weighted by atomic mass is 10.3. The lowest BCUT2D eigenvalue weighted by molar-refractivity contribution is 0.318. The number of fused-ring (bicyclic) bond motifs is 1. The van der Waals surface area contributed by atoms with Crippen LogP contribution in [0.5, 0.6) is 5.75 Å². The van der Waals surface area contributed by atoms with Crippen molar-refractivity contribution in [3.63, 3.8) is 0 Å². The van der Waals surface area contributed by atoms with Crippen LogP contribution in [0.3, 0.4) is 0 Å². The van der Waals surface area contributed by atoms with Crippen LogP contribution < -0.4 is 10.1 Å². The first kappa shape index (κ1) is 15.1. The molecule has 0 saturated heterocycles. The fraction of sp³-hybridized carbons (Fsp3) is 0.250. The van der Waals surface area contributed by atoms with Gasteiger partial charge in [-0.2, -0.15) is 0 Å². The molecule has 3 aromatic rings. The average Bonchev–Trinajstić information content (AvgIpc) is 2.96. The molecule has 0 fully saturated rings. The fourth-order valence-electron chi connectivity index (χ4n) is 2.06. The summed E-state index contributed by atoms with van der Waals surface area (Å²) in [5.74, 6) is 0.876. The normalized spacial score (nSPS) is 10.9. The van der Waals surface area contributed by atoms with E-state index in [0.717, 1.165) is 45.4 Å². The Morgan fingerprint density at radius 3 is 2.82 bits per heavy atom. The zero-order valence-corrected chi connectivity index (χ0v) is 14.0. The number of benzene rings is 1. The van der Waals surface area contributed by atoms with E-state index >= 15 is 0 Å². The first-order valence-corrected chi connectivity index (χ1v) is 8.28. The third kappa shape index (κ3) is 3.00. The maximum Gasteiger partial charge on any atom is 0.152 e. The summed E-state index contributed by atoms with van der Waals surface area (Å²) in [6.07, 6.45) is 0.992. The van der Waals surface area contributed by atoms with E-state index in [4.69, 9.17) is 16.3 Å². The summed E-state index contributed by atoms with van der Waals surface area (Å²) in [6.45, 7) is 2.81. The first-order valence-electron chi connectivity index (χ1n) is 7.09. The second-order valence-corrected chi connectivity index (χ2v) is 6.17. The number of anilines is 1. The Morgan fingerprint density at radius 2 is 2.09 bits per heavy atom. The minimum Gasteiger partial charge on any atom is -0.494 e. The fourth-order valence-corrected chi connectivity index (χ4v) is 3.28. The van der Waals surface area contributed by atoms with Crippen molar-refractivity contribution in [1.29, 1.82) is 0 Å². The summed E-state index contributed by atoms with van der Waals surface area (Å²) < 4.78 is 6.74. The molecular formula is C16H16ClN3OS. The van der Waals surface area contributed by atoms with Crippen molar-refractivity contribution in [2.24, 2.45) is 0 Å². The van der Waals surface area contributed by atoms with Crippen LogP contribution in [0.2, 0.25) is 5.15 Å². The molecular weight excluding hydrogens is 318 g/mol. The standard InChI is InChI=1S/C16H16ClN3OS/c1-3-8-21-10-4-5-11-14(9-10)22-16(20-11)13-7-6-12(18-2)15(17)19-13/h4-7,9,18H,3,8H2,1-2H3. The molecule has 2 aromatic heterocycles. The molecule has 3 rings (SSSR count). The van der Waals surface area contributed by atoms with Crippen LogP contribution in [0.15, 0.2) is 30.3 Å². The highest BCUT2D eigenvalue weighted by atomic mass is 35.5. The quantitative estimate of drug-likeness (QED) is 0.678. The molecule has 0 spiro atoms. The van der Waals surface area contributed by atoms with Gasteiger partial charge < -0.3 is 10.1 Å². The molecule has 114 valence electrons. The van der Waals surface area contributed by atoms with Gasteiger partial charge in [0.15, 0.2) is 5.15 Å². The van der Waals surface area contributed by atoms with Gasteiger partial charge in [0, 0.05) is 7.05 Å². The van der Waals surface area contributed by atoms with Crippen molar-refractivity contribution in [1.82, 2.24) is 9.97 Å². The van der Waals surface area contributed by atoms with Gasteiger partial charge in [-0.25, -0.2) is 9.97 Å². The summed E-state index contributed by atoms with van der Waals surface area (Å²) in [6, 6.07) is 9.78. The van der Waals surface area contributed by atoms with Gasteiger partial charge in [0.2, 0.25) is 0 Å². The maximum atomic E-state index is 6.14. The minimum atomic E-state index is 0.450. The number of rotatable bonds is 5. The summed E-state index contributed by atoms with van der Waals surface area (Å²) in [5, 5.41) is 4.30. The second kappa shape index (κ2) is 6.50. The molecule has 2 heterocycles. The molecule has 22 heavy (non-hydrogen) atoms. The molecule has 0 aliphatic heterocycles. The van der Waals surface area contributed by atoms with E-state index in [0.29, 0.717) is 5.15 Å². The van der Waals surface area contributed by atoms with Gasteiger partial charge in [0.25, 0.3) is 0 Å². The number of thiazole rings is 1. The van der Waals surface area contributed by atoms with Crippen LogP contribution in [-0.4, -0.2) is 23.6 Å². The molecule has 0 bridgehead atoms. The highest BCUT2D eigenvalue weighted by Crippen LogP contribution is 2.33. The predicted molar refractivity (Wildman–Crippen MR) is 93.2 cm³/mol. The number of halogens is 1. The Morgan fingerprint density at radius 1 is 1.23 bits per heavy atom. The third-order valence-corrected chi connectivity index (χ3v) is 4.50. The topological polar surface area (TPSA) is 47.0 Å². The van der Waals surface area contributed by atoms with Gasteiger partial charge in [-0.15, -0.1) is 11.3 Å². The van der Waals surface area contributed by atoms with E-state index in [9.17, 15) is 0 Å². The smallest absolute Gasteiger partial charge is 0.152 e. The van der Waals surface area contributed by atoms with E-state index in [1.807, 2.05) is 37.4 Å². The van der Waals surface area contributed by atoms with Gasteiger partial charge in [-0.1, -0.05) is 18.5 Å². The van der Waals surface area contributed by atoms with Gasteiger partial charge in [0.1, 0.15) is 16.5 Å².